The first-order valence-corrected chi connectivity index (χ1v) is 8.70. The lowest BCUT2D eigenvalue weighted by Crippen LogP contribution is -2.36. The van der Waals surface area contributed by atoms with Crippen LogP contribution in [0.1, 0.15) is 51.1 Å². The highest BCUT2D eigenvalue weighted by Gasteiger charge is 2.24. The number of nitrogens with one attached hydrogen (secondary N) is 1. The average molecular weight is 353 g/mol. The Morgan fingerprint density at radius 1 is 1.43 bits per heavy atom. The van der Waals surface area contributed by atoms with E-state index in [0.717, 1.165) is 24.0 Å². The fourth-order valence-corrected chi connectivity index (χ4v) is 3.19. The van der Waals surface area contributed by atoms with Crippen LogP contribution < -0.4 is 5.32 Å². The van der Waals surface area contributed by atoms with Gasteiger partial charge in [0.25, 0.3) is 0 Å². The van der Waals surface area contributed by atoms with E-state index < -0.39 is 0 Å². The van der Waals surface area contributed by atoms with Crippen LogP contribution in [0.5, 0.6) is 0 Å². The quantitative estimate of drug-likeness (QED) is 0.769. The minimum atomic E-state index is 0.106. The zero-order chi connectivity index (χ0) is 15.2. The third-order valence-corrected chi connectivity index (χ3v) is 4.68. The van der Waals surface area contributed by atoms with Crippen LogP contribution in [0.4, 0.5) is 0 Å². The highest BCUT2D eigenvalue weighted by molar-refractivity contribution is 9.10. The van der Waals surface area contributed by atoms with E-state index >= 15 is 0 Å². The van der Waals surface area contributed by atoms with E-state index in [1.807, 2.05) is 23.1 Å². The van der Waals surface area contributed by atoms with Crippen molar-refractivity contribution in [2.45, 2.75) is 51.6 Å². The second kappa shape index (κ2) is 7.95. The third-order valence-electron chi connectivity index (χ3n) is 3.96. The molecule has 1 aromatic rings. The van der Waals surface area contributed by atoms with Crippen LogP contribution in [0, 0.1) is 0 Å². The van der Waals surface area contributed by atoms with Gasteiger partial charge in [-0.1, -0.05) is 41.1 Å². The minimum Gasteiger partial charge on any atom is -0.336 e. The first-order valence-electron chi connectivity index (χ1n) is 7.90. The SMILES string of the molecule is CCCN(C(=O)CCNC1CC1)C(C)c1ccccc1Br. The van der Waals surface area contributed by atoms with Crippen LogP contribution in [0.3, 0.4) is 0 Å². The molecule has 1 unspecified atom stereocenters. The number of benzene rings is 1. The fourth-order valence-electron chi connectivity index (χ4n) is 2.57. The summed E-state index contributed by atoms with van der Waals surface area (Å²) in [6.45, 7) is 5.84. The van der Waals surface area contributed by atoms with Crippen molar-refractivity contribution in [1.82, 2.24) is 10.2 Å². The van der Waals surface area contributed by atoms with Gasteiger partial charge in [0.2, 0.25) is 5.91 Å². The first kappa shape index (κ1) is 16.5. The van der Waals surface area contributed by atoms with E-state index in [1.54, 1.807) is 0 Å². The molecule has 2 rings (SSSR count). The van der Waals surface area contributed by atoms with Gasteiger partial charge in [0.1, 0.15) is 0 Å². The largest absolute Gasteiger partial charge is 0.336 e. The molecule has 3 nitrogen and oxygen atoms in total. The summed E-state index contributed by atoms with van der Waals surface area (Å²) in [4.78, 5) is 14.5. The Bertz CT molecular complexity index is 474. The molecule has 0 bridgehead atoms. The normalized spacial score (nSPS) is 15.8. The van der Waals surface area contributed by atoms with Gasteiger partial charge < -0.3 is 10.2 Å². The number of rotatable bonds is 8. The number of amides is 1. The van der Waals surface area contributed by atoms with E-state index in [1.165, 1.54) is 18.4 Å². The smallest absolute Gasteiger partial charge is 0.224 e. The maximum absolute atomic E-state index is 12.5. The van der Waals surface area contributed by atoms with Crippen LogP contribution in [-0.4, -0.2) is 29.9 Å². The van der Waals surface area contributed by atoms with Gasteiger partial charge in [-0.15, -0.1) is 0 Å². The third kappa shape index (κ3) is 4.82. The van der Waals surface area contributed by atoms with E-state index in [-0.39, 0.29) is 11.9 Å². The van der Waals surface area contributed by atoms with Gasteiger partial charge >= 0.3 is 0 Å². The van der Waals surface area contributed by atoms with E-state index in [0.29, 0.717) is 12.5 Å². The van der Waals surface area contributed by atoms with Crippen LogP contribution >= 0.6 is 15.9 Å². The summed E-state index contributed by atoms with van der Waals surface area (Å²) in [5, 5.41) is 3.42. The summed E-state index contributed by atoms with van der Waals surface area (Å²) in [6, 6.07) is 8.93. The summed E-state index contributed by atoms with van der Waals surface area (Å²) < 4.78 is 1.07. The molecule has 1 fully saturated rings. The van der Waals surface area contributed by atoms with Gasteiger partial charge in [-0.25, -0.2) is 0 Å². The molecule has 1 aromatic carbocycles. The Morgan fingerprint density at radius 2 is 2.14 bits per heavy atom. The number of hydrogen-bond donors (Lipinski definition) is 1. The van der Waals surface area contributed by atoms with Gasteiger partial charge in [-0.3, -0.25) is 4.79 Å². The van der Waals surface area contributed by atoms with Gasteiger partial charge in [0.15, 0.2) is 0 Å². The molecular formula is C17H25BrN2O. The molecule has 0 heterocycles. The zero-order valence-electron chi connectivity index (χ0n) is 12.9. The molecule has 1 saturated carbocycles. The first-order chi connectivity index (χ1) is 10.1. The standard InChI is InChI=1S/C17H25BrN2O/c1-3-12-20(17(21)10-11-19-14-8-9-14)13(2)15-6-4-5-7-16(15)18/h4-7,13-14,19H,3,8-12H2,1-2H3. The zero-order valence-corrected chi connectivity index (χ0v) is 14.5. The number of carbonyl (C=O) groups excluding carboxylic acids is 1. The summed E-state index contributed by atoms with van der Waals surface area (Å²) in [7, 11) is 0. The van der Waals surface area contributed by atoms with Gasteiger partial charge in [-0.2, -0.15) is 0 Å². The molecule has 1 amide bonds. The molecule has 0 radical (unpaired) electrons. The lowest BCUT2D eigenvalue weighted by atomic mass is 10.1. The minimum absolute atomic E-state index is 0.106. The van der Waals surface area contributed by atoms with E-state index in [9.17, 15) is 4.79 Å². The Morgan fingerprint density at radius 3 is 2.76 bits per heavy atom. The number of carbonyl (C=O) groups is 1. The Hall–Kier alpha value is -0.870. The van der Waals surface area contributed by atoms with E-state index in [4.69, 9.17) is 0 Å². The van der Waals surface area contributed by atoms with Crippen LogP contribution in [0.2, 0.25) is 0 Å². The predicted molar refractivity (Wildman–Crippen MR) is 90.2 cm³/mol. The van der Waals surface area contributed by atoms with Crippen molar-refractivity contribution in [3.63, 3.8) is 0 Å². The lowest BCUT2D eigenvalue weighted by molar-refractivity contribution is -0.133. The molecule has 4 heteroatoms. The Labute approximate surface area is 136 Å². The predicted octanol–water partition coefficient (Wildman–Crippen LogP) is 3.89. The Balaban J connectivity index is 1.98. The molecule has 0 spiro atoms. The molecule has 0 saturated heterocycles. The van der Waals surface area contributed by atoms with Crippen molar-refractivity contribution >= 4 is 21.8 Å². The number of nitrogens with zero attached hydrogens (tertiary/aromatic N) is 1. The van der Waals surface area contributed by atoms with Crippen LogP contribution in [0.15, 0.2) is 28.7 Å². The summed E-state index contributed by atoms with van der Waals surface area (Å²) in [6.07, 6.45) is 4.10. The molecule has 0 aromatic heterocycles. The number of hydrogen-bond acceptors (Lipinski definition) is 2. The second-order valence-electron chi connectivity index (χ2n) is 5.76. The summed E-state index contributed by atoms with van der Waals surface area (Å²) >= 11 is 3.60. The van der Waals surface area contributed by atoms with Gasteiger partial charge in [0, 0.05) is 30.0 Å². The summed E-state index contributed by atoms with van der Waals surface area (Å²) in [5.74, 6) is 0.244. The highest BCUT2D eigenvalue weighted by atomic mass is 79.9. The van der Waals surface area contributed by atoms with Crippen molar-refractivity contribution in [2.24, 2.45) is 0 Å². The van der Waals surface area contributed by atoms with Gasteiger partial charge in [-0.05, 0) is 37.8 Å². The van der Waals surface area contributed by atoms with Crippen LogP contribution in [0.25, 0.3) is 0 Å². The second-order valence-corrected chi connectivity index (χ2v) is 6.62. The molecule has 1 aliphatic rings. The molecule has 1 atom stereocenters. The van der Waals surface area contributed by atoms with Crippen molar-refractivity contribution in [1.29, 1.82) is 0 Å². The van der Waals surface area contributed by atoms with Crippen molar-refractivity contribution < 1.29 is 4.79 Å². The molecule has 1 N–H and O–H groups in total. The van der Waals surface area contributed by atoms with Crippen molar-refractivity contribution in [2.75, 3.05) is 13.1 Å². The Kier molecular flexibility index (Phi) is 6.24. The van der Waals surface area contributed by atoms with Gasteiger partial charge in [0.05, 0.1) is 6.04 Å². The van der Waals surface area contributed by atoms with Crippen LogP contribution in [-0.2, 0) is 4.79 Å². The average Bonchev–Trinajstić information content (AvgIpc) is 3.28. The lowest BCUT2D eigenvalue weighted by Gasteiger charge is -2.30. The molecule has 1 aliphatic carbocycles. The van der Waals surface area contributed by atoms with Crippen molar-refractivity contribution in [3.05, 3.63) is 34.3 Å². The maximum Gasteiger partial charge on any atom is 0.224 e. The monoisotopic (exact) mass is 352 g/mol. The maximum atomic E-state index is 12.5. The van der Waals surface area contributed by atoms with E-state index in [2.05, 4.69) is 41.2 Å². The van der Waals surface area contributed by atoms with Crippen molar-refractivity contribution in [3.8, 4) is 0 Å². The molecular weight excluding hydrogens is 328 g/mol. The molecule has 0 aliphatic heterocycles. The summed E-state index contributed by atoms with van der Waals surface area (Å²) in [5.41, 5.74) is 1.18. The fraction of sp³-hybridized carbons (Fsp3) is 0.588. The number of halogens is 1. The molecule has 21 heavy (non-hydrogen) atoms. The molecule has 116 valence electrons. The topological polar surface area (TPSA) is 32.3 Å². The highest BCUT2D eigenvalue weighted by Crippen LogP contribution is 2.28.